The molecule has 0 aliphatic heterocycles. The Balaban J connectivity index is 1.07. The molecule has 0 aliphatic carbocycles. The highest BCUT2D eigenvalue weighted by Gasteiger charge is 2.18. The van der Waals surface area contributed by atoms with Crippen molar-refractivity contribution in [2.24, 2.45) is 0 Å². The molecule has 10 aromatic rings. The maximum absolute atomic E-state index is 6.51. The van der Waals surface area contributed by atoms with Crippen LogP contribution in [0.1, 0.15) is 0 Å². The van der Waals surface area contributed by atoms with Crippen LogP contribution in [0.4, 0.5) is 17.1 Å². The van der Waals surface area contributed by atoms with E-state index in [-0.39, 0.29) is 0 Å². The summed E-state index contributed by atoms with van der Waals surface area (Å²) >= 11 is 0. The number of furan rings is 1. The molecule has 0 aliphatic rings. The van der Waals surface area contributed by atoms with Crippen LogP contribution >= 0.6 is 0 Å². The molecule has 2 nitrogen and oxygen atoms in total. The van der Waals surface area contributed by atoms with Gasteiger partial charge in [0.25, 0.3) is 0 Å². The van der Waals surface area contributed by atoms with E-state index in [0.29, 0.717) is 0 Å². The molecule has 0 bridgehead atoms. The molecule has 0 spiro atoms. The summed E-state index contributed by atoms with van der Waals surface area (Å²) in [6.07, 6.45) is 0. The lowest BCUT2D eigenvalue weighted by molar-refractivity contribution is 0.669. The molecular formula is C52H35NO. The van der Waals surface area contributed by atoms with E-state index in [1.165, 1.54) is 33.0 Å². The van der Waals surface area contributed by atoms with Gasteiger partial charge in [-0.25, -0.2) is 0 Å². The molecule has 2 heteroatoms. The van der Waals surface area contributed by atoms with Crippen LogP contribution < -0.4 is 4.90 Å². The molecule has 9 aromatic carbocycles. The molecule has 0 fully saturated rings. The first-order valence-corrected chi connectivity index (χ1v) is 18.4. The zero-order valence-electron chi connectivity index (χ0n) is 29.6. The van der Waals surface area contributed by atoms with Gasteiger partial charge in [-0.15, -0.1) is 0 Å². The Hall–Kier alpha value is -7.16. The Labute approximate surface area is 314 Å². The van der Waals surface area contributed by atoms with Gasteiger partial charge in [0.2, 0.25) is 0 Å². The number of rotatable bonds is 7. The van der Waals surface area contributed by atoms with E-state index in [0.717, 1.165) is 61.3 Å². The molecule has 254 valence electrons. The molecule has 54 heavy (non-hydrogen) atoms. The summed E-state index contributed by atoms with van der Waals surface area (Å²) < 4.78 is 6.51. The lowest BCUT2D eigenvalue weighted by atomic mass is 9.93. The molecule has 0 atom stereocenters. The van der Waals surface area contributed by atoms with Crippen LogP contribution in [-0.4, -0.2) is 0 Å². The van der Waals surface area contributed by atoms with E-state index in [1.807, 2.05) is 0 Å². The molecule has 10 rings (SSSR count). The minimum absolute atomic E-state index is 0.890. The van der Waals surface area contributed by atoms with Crippen LogP contribution in [0, 0.1) is 0 Å². The highest BCUT2D eigenvalue weighted by Crippen LogP contribution is 2.42. The van der Waals surface area contributed by atoms with Crippen LogP contribution in [0.2, 0.25) is 0 Å². The van der Waals surface area contributed by atoms with Crippen LogP contribution in [0.3, 0.4) is 0 Å². The standard InChI is InChI=1S/C52H35NO/c1-4-13-36(14-5-1)39-19-12-20-40(31-39)37-23-26-45(27-24-37)53(44-21-8-3-9-22-44)46-28-30-47(49(35-46)38-15-6-2-7-16-38)43-25-29-48-50-32-41-17-10-11-18-42(41)33-52(50)54-51(48)34-43/h1-35H. The number of fused-ring (bicyclic) bond motifs is 4. The predicted molar refractivity (Wildman–Crippen MR) is 228 cm³/mol. The smallest absolute Gasteiger partial charge is 0.136 e. The van der Waals surface area contributed by atoms with Crippen molar-refractivity contribution >= 4 is 49.8 Å². The van der Waals surface area contributed by atoms with Gasteiger partial charge in [-0.3, -0.25) is 0 Å². The summed E-state index contributed by atoms with van der Waals surface area (Å²) in [6.45, 7) is 0. The third kappa shape index (κ3) is 5.81. The highest BCUT2D eigenvalue weighted by molar-refractivity contribution is 6.11. The lowest BCUT2D eigenvalue weighted by Gasteiger charge is -2.27. The van der Waals surface area contributed by atoms with Crippen molar-refractivity contribution in [3.05, 3.63) is 212 Å². The van der Waals surface area contributed by atoms with Crippen molar-refractivity contribution < 1.29 is 4.42 Å². The Morgan fingerprint density at radius 2 is 0.815 bits per heavy atom. The first-order chi connectivity index (χ1) is 26.7. The monoisotopic (exact) mass is 689 g/mol. The van der Waals surface area contributed by atoms with Gasteiger partial charge < -0.3 is 9.32 Å². The summed E-state index contributed by atoms with van der Waals surface area (Å²) in [5.74, 6) is 0. The second-order valence-corrected chi connectivity index (χ2v) is 13.8. The van der Waals surface area contributed by atoms with Crippen LogP contribution in [-0.2, 0) is 0 Å². The molecule has 0 N–H and O–H groups in total. The van der Waals surface area contributed by atoms with Gasteiger partial charge in [-0.2, -0.15) is 0 Å². The second kappa shape index (κ2) is 13.4. The maximum Gasteiger partial charge on any atom is 0.136 e. The van der Waals surface area contributed by atoms with Gasteiger partial charge in [-0.05, 0) is 122 Å². The Kier molecular flexibility index (Phi) is 7.85. The molecule has 0 radical (unpaired) electrons. The molecular weight excluding hydrogens is 655 g/mol. The fourth-order valence-corrected chi connectivity index (χ4v) is 7.75. The van der Waals surface area contributed by atoms with Gasteiger partial charge in [0.15, 0.2) is 0 Å². The van der Waals surface area contributed by atoms with Gasteiger partial charge in [-0.1, -0.05) is 146 Å². The number of benzene rings is 9. The van der Waals surface area contributed by atoms with Gasteiger partial charge >= 0.3 is 0 Å². The zero-order valence-corrected chi connectivity index (χ0v) is 29.6. The predicted octanol–water partition coefficient (Wildman–Crippen LogP) is 14.9. The van der Waals surface area contributed by atoms with E-state index in [9.17, 15) is 0 Å². The highest BCUT2D eigenvalue weighted by atomic mass is 16.3. The van der Waals surface area contributed by atoms with E-state index in [1.54, 1.807) is 0 Å². The number of nitrogens with zero attached hydrogens (tertiary/aromatic N) is 1. The van der Waals surface area contributed by atoms with Crippen molar-refractivity contribution in [3.8, 4) is 44.5 Å². The first-order valence-electron chi connectivity index (χ1n) is 18.4. The van der Waals surface area contributed by atoms with Crippen molar-refractivity contribution in [3.63, 3.8) is 0 Å². The number of anilines is 3. The van der Waals surface area contributed by atoms with Crippen LogP contribution in [0.25, 0.3) is 77.2 Å². The average molecular weight is 690 g/mol. The number of para-hydroxylation sites is 1. The van der Waals surface area contributed by atoms with Crippen molar-refractivity contribution in [1.82, 2.24) is 0 Å². The first kappa shape index (κ1) is 31.6. The molecule has 0 amide bonds. The Bertz CT molecular complexity index is 2910. The van der Waals surface area contributed by atoms with E-state index >= 15 is 0 Å². The molecule has 0 unspecified atom stereocenters. The van der Waals surface area contributed by atoms with Crippen LogP contribution in [0.5, 0.6) is 0 Å². The molecule has 1 heterocycles. The molecule has 1 aromatic heterocycles. The molecule has 0 saturated carbocycles. The van der Waals surface area contributed by atoms with E-state index < -0.39 is 0 Å². The van der Waals surface area contributed by atoms with E-state index in [2.05, 4.69) is 217 Å². The third-order valence-electron chi connectivity index (χ3n) is 10.4. The van der Waals surface area contributed by atoms with Gasteiger partial charge in [0.05, 0.1) is 0 Å². The Morgan fingerprint density at radius 3 is 1.54 bits per heavy atom. The quantitative estimate of drug-likeness (QED) is 0.166. The maximum atomic E-state index is 6.51. The van der Waals surface area contributed by atoms with E-state index in [4.69, 9.17) is 4.42 Å². The zero-order chi connectivity index (χ0) is 35.8. The third-order valence-corrected chi connectivity index (χ3v) is 10.4. The number of hydrogen-bond donors (Lipinski definition) is 0. The van der Waals surface area contributed by atoms with Crippen molar-refractivity contribution in [2.45, 2.75) is 0 Å². The fourth-order valence-electron chi connectivity index (χ4n) is 7.75. The topological polar surface area (TPSA) is 16.4 Å². The van der Waals surface area contributed by atoms with Crippen molar-refractivity contribution in [1.29, 1.82) is 0 Å². The fraction of sp³-hybridized carbons (Fsp3) is 0. The van der Waals surface area contributed by atoms with Gasteiger partial charge in [0.1, 0.15) is 11.2 Å². The second-order valence-electron chi connectivity index (χ2n) is 13.8. The summed E-state index contributed by atoms with van der Waals surface area (Å²) in [4.78, 5) is 2.34. The molecule has 0 saturated heterocycles. The van der Waals surface area contributed by atoms with Crippen LogP contribution in [0.15, 0.2) is 217 Å². The summed E-state index contributed by atoms with van der Waals surface area (Å²) in [5.41, 5.74) is 14.5. The summed E-state index contributed by atoms with van der Waals surface area (Å²) in [5, 5.41) is 4.67. The average Bonchev–Trinajstić information content (AvgIpc) is 3.60. The summed E-state index contributed by atoms with van der Waals surface area (Å²) in [6, 6.07) is 75.9. The SMILES string of the molecule is c1ccc(-c2cccc(-c3ccc(N(c4ccccc4)c4ccc(-c5ccc6c(c5)oc5cc7ccccc7cc56)c(-c5ccccc5)c4)cc3)c2)cc1. The van der Waals surface area contributed by atoms with Gasteiger partial charge in [0, 0.05) is 27.8 Å². The minimum atomic E-state index is 0.890. The number of hydrogen-bond acceptors (Lipinski definition) is 2. The Morgan fingerprint density at radius 1 is 0.278 bits per heavy atom. The van der Waals surface area contributed by atoms with Crippen molar-refractivity contribution in [2.75, 3.05) is 4.90 Å². The summed E-state index contributed by atoms with van der Waals surface area (Å²) in [7, 11) is 0. The normalized spacial score (nSPS) is 11.3. The largest absolute Gasteiger partial charge is 0.456 e. The minimum Gasteiger partial charge on any atom is -0.456 e. The lowest BCUT2D eigenvalue weighted by Crippen LogP contribution is -2.10.